The van der Waals surface area contributed by atoms with Crippen LogP contribution in [0.2, 0.25) is 0 Å². The minimum Gasteiger partial charge on any atom is -0.392 e. The number of halogens is 1. The molecule has 33 heavy (non-hydrogen) atoms. The summed E-state index contributed by atoms with van der Waals surface area (Å²) >= 11 is 2.26. The maximum atomic E-state index is 12.7. The maximum Gasteiger partial charge on any atom is 0.229 e. The first-order valence-corrected chi connectivity index (χ1v) is 12.8. The summed E-state index contributed by atoms with van der Waals surface area (Å²) in [5, 5.41) is 12.3. The van der Waals surface area contributed by atoms with Crippen molar-refractivity contribution in [3.63, 3.8) is 0 Å². The normalized spacial score (nSPS) is 14.2. The molecule has 2 aromatic carbocycles. The van der Waals surface area contributed by atoms with E-state index in [0.717, 1.165) is 50.4 Å². The monoisotopic (exact) mass is 555 g/mol. The number of carbonyl (C=O) groups excluding carboxylic acids is 1. The molecule has 0 atom stereocenters. The van der Waals surface area contributed by atoms with Crippen molar-refractivity contribution in [1.82, 2.24) is 9.97 Å². The van der Waals surface area contributed by atoms with E-state index in [4.69, 9.17) is 4.98 Å². The fourth-order valence-electron chi connectivity index (χ4n) is 4.41. The number of carbonyl (C=O) groups is 1. The predicted octanol–water partition coefficient (Wildman–Crippen LogP) is 5.93. The zero-order valence-electron chi connectivity index (χ0n) is 18.8. The zero-order valence-corrected chi connectivity index (χ0v) is 20.9. The number of nitrogens with zero attached hydrogens (tertiary/aromatic N) is 2. The zero-order chi connectivity index (χ0) is 23.0. The van der Waals surface area contributed by atoms with E-state index in [1.807, 2.05) is 48.5 Å². The molecule has 0 bridgehead atoms. The highest BCUT2D eigenvalue weighted by atomic mass is 127. The van der Waals surface area contributed by atoms with Crippen LogP contribution in [-0.2, 0) is 24.2 Å². The molecule has 1 fully saturated rings. The number of benzene rings is 2. The van der Waals surface area contributed by atoms with Crippen LogP contribution in [0.1, 0.15) is 55.3 Å². The fraction of sp³-hybridized carbons (Fsp3) is 0.370. The average Bonchev–Trinajstić information content (AvgIpc) is 2.85. The molecule has 0 unspecified atom stereocenters. The Hall–Kier alpha value is -2.32. The number of amides is 1. The summed E-state index contributed by atoms with van der Waals surface area (Å²) in [7, 11) is 0. The highest BCUT2D eigenvalue weighted by molar-refractivity contribution is 14.1. The number of nitrogens with one attached hydrogen (secondary N) is 1. The summed E-state index contributed by atoms with van der Waals surface area (Å²) in [6.45, 7) is 0.0180. The first-order chi connectivity index (χ1) is 16.1. The second-order valence-corrected chi connectivity index (χ2v) is 10.0. The molecule has 6 heteroatoms. The van der Waals surface area contributed by atoms with Gasteiger partial charge in [-0.05, 0) is 64.6 Å². The van der Waals surface area contributed by atoms with Crippen LogP contribution in [0.15, 0.2) is 54.7 Å². The maximum absolute atomic E-state index is 12.7. The van der Waals surface area contributed by atoms with Crippen LogP contribution in [-0.4, -0.2) is 21.0 Å². The number of aryl methyl sites for hydroxylation is 1. The van der Waals surface area contributed by atoms with E-state index in [9.17, 15) is 9.90 Å². The van der Waals surface area contributed by atoms with Gasteiger partial charge >= 0.3 is 0 Å². The van der Waals surface area contributed by atoms with Crippen molar-refractivity contribution in [2.24, 2.45) is 5.92 Å². The molecule has 1 saturated carbocycles. The average molecular weight is 555 g/mol. The lowest BCUT2D eigenvalue weighted by atomic mass is 9.86. The molecular formula is C27H30IN3O2. The van der Waals surface area contributed by atoms with Gasteiger partial charge in [0, 0.05) is 9.13 Å². The Kier molecular flexibility index (Phi) is 8.45. The molecule has 1 amide bonds. The lowest BCUT2D eigenvalue weighted by molar-refractivity contribution is -0.115. The van der Waals surface area contributed by atoms with Gasteiger partial charge in [0.25, 0.3) is 0 Å². The summed E-state index contributed by atoms with van der Waals surface area (Å²) in [5.74, 6) is 1.21. The molecule has 0 spiro atoms. The highest BCUT2D eigenvalue weighted by Crippen LogP contribution is 2.29. The molecule has 4 rings (SSSR count). The minimum absolute atomic E-state index is 0.0180. The van der Waals surface area contributed by atoms with Gasteiger partial charge in [0.15, 0.2) is 5.82 Å². The van der Waals surface area contributed by atoms with Crippen molar-refractivity contribution in [2.75, 3.05) is 5.32 Å². The van der Waals surface area contributed by atoms with Gasteiger partial charge < -0.3 is 10.4 Å². The van der Waals surface area contributed by atoms with Gasteiger partial charge in [0.05, 0.1) is 30.6 Å². The van der Waals surface area contributed by atoms with Gasteiger partial charge in [-0.15, -0.1) is 0 Å². The molecule has 0 aliphatic heterocycles. The molecule has 1 aliphatic rings. The number of anilines is 1. The van der Waals surface area contributed by atoms with Crippen LogP contribution >= 0.6 is 22.6 Å². The van der Waals surface area contributed by atoms with Gasteiger partial charge in [0.2, 0.25) is 5.91 Å². The molecule has 1 aromatic heterocycles. The van der Waals surface area contributed by atoms with E-state index in [-0.39, 0.29) is 12.5 Å². The Morgan fingerprint density at radius 2 is 1.70 bits per heavy atom. The van der Waals surface area contributed by atoms with Crippen molar-refractivity contribution in [3.05, 3.63) is 75.1 Å². The Balaban J connectivity index is 1.52. The first-order valence-electron chi connectivity index (χ1n) is 11.7. The van der Waals surface area contributed by atoms with Crippen LogP contribution in [0.25, 0.3) is 11.3 Å². The second-order valence-electron chi connectivity index (χ2n) is 8.80. The molecule has 2 N–H and O–H groups in total. The molecule has 0 radical (unpaired) electrons. The van der Waals surface area contributed by atoms with Crippen LogP contribution in [0, 0.1) is 9.49 Å². The van der Waals surface area contributed by atoms with Crippen LogP contribution in [0.4, 0.5) is 5.82 Å². The third kappa shape index (κ3) is 6.84. The molecule has 1 aliphatic carbocycles. The van der Waals surface area contributed by atoms with Crippen LogP contribution in [0.3, 0.4) is 0 Å². The first kappa shape index (κ1) is 23.8. The van der Waals surface area contributed by atoms with E-state index in [1.165, 1.54) is 32.1 Å². The largest absolute Gasteiger partial charge is 0.392 e. The van der Waals surface area contributed by atoms with E-state index in [1.54, 1.807) is 6.20 Å². The molecule has 3 aromatic rings. The van der Waals surface area contributed by atoms with Crippen molar-refractivity contribution in [2.45, 2.75) is 58.0 Å². The quantitative estimate of drug-likeness (QED) is 0.338. The number of aliphatic hydroxyl groups excluding tert-OH is 1. The molecule has 5 nitrogen and oxygen atoms in total. The smallest absolute Gasteiger partial charge is 0.229 e. The van der Waals surface area contributed by atoms with Crippen LogP contribution in [0.5, 0.6) is 0 Å². The van der Waals surface area contributed by atoms with Crippen LogP contribution < -0.4 is 5.32 Å². The topological polar surface area (TPSA) is 75.1 Å². The Morgan fingerprint density at radius 3 is 2.39 bits per heavy atom. The van der Waals surface area contributed by atoms with Gasteiger partial charge in [-0.2, -0.15) is 0 Å². The standard InChI is InChI=1S/C27H30IN3O2/c28-23-13-8-20(9-14-23)16-26(33)31-27-24(15-10-19-4-2-1-3-5-19)30-25(17-29-27)22-11-6-21(18-32)7-12-22/h6-9,11-14,17,19,32H,1-5,10,15-16,18H2,(H,29,31,33). The number of aromatic nitrogens is 2. The highest BCUT2D eigenvalue weighted by Gasteiger charge is 2.17. The third-order valence-corrected chi connectivity index (χ3v) is 7.05. The molecular weight excluding hydrogens is 525 g/mol. The van der Waals surface area contributed by atoms with Gasteiger partial charge in [-0.3, -0.25) is 4.79 Å². The number of aliphatic hydroxyl groups is 1. The minimum atomic E-state index is -0.0792. The summed E-state index contributed by atoms with van der Waals surface area (Å²) in [4.78, 5) is 22.3. The number of hydrogen-bond donors (Lipinski definition) is 2. The fourth-order valence-corrected chi connectivity index (χ4v) is 4.77. The third-order valence-electron chi connectivity index (χ3n) is 6.33. The second kappa shape index (κ2) is 11.7. The molecule has 0 saturated heterocycles. The van der Waals surface area contributed by atoms with E-state index in [2.05, 4.69) is 32.9 Å². The summed E-state index contributed by atoms with van der Waals surface area (Å²) in [6, 6.07) is 15.7. The van der Waals surface area contributed by atoms with Crippen molar-refractivity contribution in [3.8, 4) is 11.3 Å². The van der Waals surface area contributed by atoms with Crippen molar-refractivity contribution >= 4 is 34.3 Å². The SMILES string of the molecule is O=C(Cc1ccc(I)cc1)Nc1ncc(-c2ccc(CO)cc2)nc1CCC1CCCCC1. The Morgan fingerprint density at radius 1 is 1.00 bits per heavy atom. The van der Waals surface area contributed by atoms with Gasteiger partial charge in [0.1, 0.15) is 0 Å². The van der Waals surface area contributed by atoms with E-state index in [0.29, 0.717) is 12.2 Å². The van der Waals surface area contributed by atoms with Crippen molar-refractivity contribution in [1.29, 1.82) is 0 Å². The molecule has 172 valence electrons. The Labute approximate surface area is 209 Å². The summed E-state index contributed by atoms with van der Waals surface area (Å²) in [6.07, 6.45) is 10.4. The number of hydrogen-bond acceptors (Lipinski definition) is 4. The number of rotatable bonds is 8. The summed E-state index contributed by atoms with van der Waals surface area (Å²) in [5.41, 5.74) is 4.43. The predicted molar refractivity (Wildman–Crippen MR) is 140 cm³/mol. The van der Waals surface area contributed by atoms with Crippen molar-refractivity contribution < 1.29 is 9.90 Å². The lowest BCUT2D eigenvalue weighted by Crippen LogP contribution is -2.18. The Bertz CT molecular complexity index is 1060. The summed E-state index contributed by atoms with van der Waals surface area (Å²) < 4.78 is 1.15. The lowest BCUT2D eigenvalue weighted by Gasteiger charge is -2.21. The van der Waals surface area contributed by atoms with E-state index < -0.39 is 0 Å². The van der Waals surface area contributed by atoms with Gasteiger partial charge in [-0.1, -0.05) is 68.5 Å². The van der Waals surface area contributed by atoms with Gasteiger partial charge in [-0.25, -0.2) is 9.97 Å². The molecule has 1 heterocycles. The van der Waals surface area contributed by atoms with E-state index >= 15 is 0 Å².